The number of aromatic nitrogens is 2. The van der Waals surface area contributed by atoms with Gasteiger partial charge in [-0.25, -0.2) is 4.98 Å². The number of hydrogen-bond acceptors (Lipinski definition) is 2. The van der Waals surface area contributed by atoms with Gasteiger partial charge in [-0.1, -0.05) is 6.07 Å². The van der Waals surface area contributed by atoms with Crippen molar-refractivity contribution in [2.45, 2.75) is 19.9 Å². The summed E-state index contributed by atoms with van der Waals surface area (Å²) >= 11 is 0. The Labute approximate surface area is 83.6 Å². The number of nitrogens with zero attached hydrogens (tertiary/aromatic N) is 2. The second-order valence-electron chi connectivity index (χ2n) is 3.57. The average molecular weight is 189 g/mol. The van der Waals surface area contributed by atoms with Crippen molar-refractivity contribution in [3.63, 3.8) is 0 Å². The smallest absolute Gasteiger partial charge is 0.0958 e. The molecule has 1 aromatic heterocycles. The van der Waals surface area contributed by atoms with E-state index in [1.807, 2.05) is 6.33 Å². The van der Waals surface area contributed by atoms with Crippen LogP contribution >= 0.6 is 0 Å². The third-order valence-electron chi connectivity index (χ3n) is 2.38. The lowest BCUT2D eigenvalue weighted by Gasteiger charge is -2.02. The minimum absolute atomic E-state index is 0.728. The normalized spacial score (nSPS) is 11.0. The molecule has 0 aliphatic carbocycles. The molecule has 3 nitrogen and oxygen atoms in total. The van der Waals surface area contributed by atoms with Gasteiger partial charge in [-0.05, 0) is 37.6 Å². The molecule has 2 aromatic rings. The largest absolute Gasteiger partial charge is 0.331 e. The van der Waals surface area contributed by atoms with E-state index in [9.17, 15) is 0 Å². The van der Waals surface area contributed by atoms with Crippen molar-refractivity contribution in [2.24, 2.45) is 5.73 Å². The van der Waals surface area contributed by atoms with Crippen molar-refractivity contribution in [1.82, 2.24) is 9.55 Å². The lowest BCUT2D eigenvalue weighted by molar-refractivity contribution is 0.666. The second kappa shape index (κ2) is 3.80. The van der Waals surface area contributed by atoms with Crippen molar-refractivity contribution in [1.29, 1.82) is 0 Å². The Morgan fingerprint density at radius 2 is 2.29 bits per heavy atom. The van der Waals surface area contributed by atoms with Crippen LogP contribution in [0.4, 0.5) is 0 Å². The Hall–Kier alpha value is -1.35. The fourth-order valence-electron chi connectivity index (χ4n) is 1.61. The van der Waals surface area contributed by atoms with Crippen LogP contribution < -0.4 is 5.73 Å². The Kier molecular flexibility index (Phi) is 2.50. The van der Waals surface area contributed by atoms with E-state index in [1.165, 1.54) is 11.1 Å². The average Bonchev–Trinajstić information content (AvgIpc) is 2.57. The van der Waals surface area contributed by atoms with Crippen LogP contribution in [0, 0.1) is 6.92 Å². The predicted molar refractivity (Wildman–Crippen MR) is 58.1 cm³/mol. The second-order valence-corrected chi connectivity index (χ2v) is 3.57. The summed E-state index contributed by atoms with van der Waals surface area (Å²) in [6, 6.07) is 6.34. The van der Waals surface area contributed by atoms with Crippen LogP contribution in [0.3, 0.4) is 0 Å². The maximum atomic E-state index is 5.48. The Morgan fingerprint density at radius 3 is 3.07 bits per heavy atom. The molecule has 0 unspecified atom stereocenters. The van der Waals surface area contributed by atoms with Gasteiger partial charge in [-0.3, -0.25) is 0 Å². The number of nitrogens with two attached hydrogens (primary N) is 1. The summed E-state index contributed by atoms with van der Waals surface area (Å²) in [7, 11) is 0. The molecule has 1 aromatic carbocycles. The fourth-order valence-corrected chi connectivity index (χ4v) is 1.61. The molecule has 0 spiro atoms. The third kappa shape index (κ3) is 1.63. The lowest BCUT2D eigenvalue weighted by Crippen LogP contribution is -2.04. The van der Waals surface area contributed by atoms with Crippen LogP contribution in [0.15, 0.2) is 24.5 Å². The number of aryl methyl sites for hydroxylation is 2. The summed E-state index contributed by atoms with van der Waals surface area (Å²) in [6.45, 7) is 3.76. The molecule has 14 heavy (non-hydrogen) atoms. The van der Waals surface area contributed by atoms with E-state index in [1.54, 1.807) is 0 Å². The third-order valence-corrected chi connectivity index (χ3v) is 2.38. The van der Waals surface area contributed by atoms with E-state index in [2.05, 4.69) is 34.7 Å². The zero-order chi connectivity index (χ0) is 9.97. The lowest BCUT2D eigenvalue weighted by atomic mass is 10.2. The summed E-state index contributed by atoms with van der Waals surface area (Å²) in [5.74, 6) is 0. The Morgan fingerprint density at radius 1 is 1.43 bits per heavy atom. The summed E-state index contributed by atoms with van der Waals surface area (Å²) in [5.41, 5.74) is 9.00. The van der Waals surface area contributed by atoms with Gasteiger partial charge in [-0.15, -0.1) is 0 Å². The van der Waals surface area contributed by atoms with Gasteiger partial charge in [0.25, 0.3) is 0 Å². The molecule has 1 heterocycles. The summed E-state index contributed by atoms with van der Waals surface area (Å²) in [5, 5.41) is 0. The van der Waals surface area contributed by atoms with E-state index < -0.39 is 0 Å². The molecule has 74 valence electrons. The van der Waals surface area contributed by atoms with Gasteiger partial charge >= 0.3 is 0 Å². The first-order valence-corrected chi connectivity index (χ1v) is 4.93. The molecule has 0 saturated heterocycles. The molecular formula is C11H15N3. The van der Waals surface area contributed by atoms with Crippen molar-refractivity contribution in [3.05, 3.63) is 30.1 Å². The van der Waals surface area contributed by atoms with E-state index in [0.717, 1.165) is 25.0 Å². The highest BCUT2D eigenvalue weighted by atomic mass is 15.0. The van der Waals surface area contributed by atoms with Crippen molar-refractivity contribution in [3.8, 4) is 0 Å². The van der Waals surface area contributed by atoms with Crippen LogP contribution in [0.5, 0.6) is 0 Å². The van der Waals surface area contributed by atoms with Gasteiger partial charge in [0.1, 0.15) is 0 Å². The molecule has 0 radical (unpaired) electrons. The number of imidazole rings is 1. The topological polar surface area (TPSA) is 43.8 Å². The van der Waals surface area contributed by atoms with Gasteiger partial charge in [0, 0.05) is 6.54 Å². The highest BCUT2D eigenvalue weighted by molar-refractivity contribution is 5.75. The molecule has 0 fully saturated rings. The summed E-state index contributed by atoms with van der Waals surface area (Å²) in [4.78, 5) is 4.35. The first-order valence-electron chi connectivity index (χ1n) is 4.93. The molecule has 2 rings (SSSR count). The van der Waals surface area contributed by atoms with Crippen molar-refractivity contribution in [2.75, 3.05) is 6.54 Å². The zero-order valence-corrected chi connectivity index (χ0v) is 8.40. The van der Waals surface area contributed by atoms with Gasteiger partial charge in [0.15, 0.2) is 0 Å². The van der Waals surface area contributed by atoms with E-state index >= 15 is 0 Å². The molecule has 2 N–H and O–H groups in total. The fraction of sp³-hybridized carbons (Fsp3) is 0.364. The maximum absolute atomic E-state index is 5.48. The van der Waals surface area contributed by atoms with Gasteiger partial charge in [-0.2, -0.15) is 0 Å². The molecular weight excluding hydrogens is 174 g/mol. The molecule has 0 aliphatic heterocycles. The molecule has 0 bridgehead atoms. The quantitative estimate of drug-likeness (QED) is 0.798. The van der Waals surface area contributed by atoms with Crippen LogP contribution in [-0.4, -0.2) is 16.1 Å². The minimum atomic E-state index is 0.728. The van der Waals surface area contributed by atoms with E-state index in [-0.39, 0.29) is 0 Å². The Bertz CT molecular complexity index is 431. The zero-order valence-electron chi connectivity index (χ0n) is 8.40. The standard InChI is InChI=1S/C11H15N3/c1-9-3-4-11-10(7-9)13-8-14(11)6-2-5-12/h3-4,7-8H,2,5-6,12H2,1H3. The maximum Gasteiger partial charge on any atom is 0.0958 e. The molecule has 0 aliphatic rings. The SMILES string of the molecule is Cc1ccc2c(c1)ncn2CCCN. The number of rotatable bonds is 3. The van der Waals surface area contributed by atoms with E-state index in [4.69, 9.17) is 5.73 Å². The monoisotopic (exact) mass is 189 g/mol. The first-order chi connectivity index (χ1) is 6.81. The highest BCUT2D eigenvalue weighted by Gasteiger charge is 2.01. The number of fused-ring (bicyclic) bond motifs is 1. The summed E-state index contributed by atoms with van der Waals surface area (Å²) in [6.07, 6.45) is 2.89. The minimum Gasteiger partial charge on any atom is -0.331 e. The van der Waals surface area contributed by atoms with Crippen LogP contribution in [-0.2, 0) is 6.54 Å². The first kappa shape index (κ1) is 9.21. The van der Waals surface area contributed by atoms with Crippen LogP contribution in [0.1, 0.15) is 12.0 Å². The highest BCUT2D eigenvalue weighted by Crippen LogP contribution is 2.14. The van der Waals surface area contributed by atoms with Crippen LogP contribution in [0.2, 0.25) is 0 Å². The van der Waals surface area contributed by atoms with Gasteiger partial charge < -0.3 is 10.3 Å². The summed E-state index contributed by atoms with van der Waals surface area (Å²) < 4.78 is 2.15. The number of hydrogen-bond donors (Lipinski definition) is 1. The molecule has 0 amide bonds. The van der Waals surface area contributed by atoms with E-state index in [0.29, 0.717) is 0 Å². The molecule has 0 atom stereocenters. The van der Waals surface area contributed by atoms with Gasteiger partial charge in [0.2, 0.25) is 0 Å². The molecule has 0 saturated carbocycles. The van der Waals surface area contributed by atoms with Crippen molar-refractivity contribution >= 4 is 11.0 Å². The Balaban J connectivity index is 2.37. The van der Waals surface area contributed by atoms with Crippen LogP contribution in [0.25, 0.3) is 11.0 Å². The van der Waals surface area contributed by atoms with Gasteiger partial charge in [0.05, 0.1) is 17.4 Å². The van der Waals surface area contributed by atoms with Crippen molar-refractivity contribution < 1.29 is 0 Å². The molecule has 3 heteroatoms. The number of benzene rings is 1. The predicted octanol–water partition coefficient (Wildman–Crippen LogP) is 1.69.